The van der Waals surface area contributed by atoms with E-state index in [2.05, 4.69) is 10.7 Å². The molecule has 0 spiro atoms. The van der Waals surface area contributed by atoms with Gasteiger partial charge in [-0.3, -0.25) is 0 Å². The van der Waals surface area contributed by atoms with Crippen LogP contribution >= 0.6 is 11.3 Å². The molecule has 76 valence electrons. The largest absolute Gasteiger partial charge is 0.316 e. The number of hydrogen-bond acceptors (Lipinski definition) is 3. The first-order chi connectivity index (χ1) is 6.92. The fourth-order valence-corrected chi connectivity index (χ4v) is 3.05. The molecule has 2 aliphatic rings. The number of nitrogens with one attached hydrogen (secondary N) is 1. The van der Waals surface area contributed by atoms with Gasteiger partial charge in [-0.2, -0.15) is 0 Å². The minimum absolute atomic E-state index is 0.813. The average molecular weight is 208 g/mol. The SMILES string of the molecule is c1sc(C2CCC2)nc1CC1CNC1. The van der Waals surface area contributed by atoms with Gasteiger partial charge in [0.15, 0.2) is 0 Å². The maximum absolute atomic E-state index is 4.74. The summed E-state index contributed by atoms with van der Waals surface area (Å²) in [6.07, 6.45) is 5.35. The van der Waals surface area contributed by atoms with Gasteiger partial charge in [0.1, 0.15) is 0 Å². The van der Waals surface area contributed by atoms with Crippen molar-refractivity contribution in [2.75, 3.05) is 13.1 Å². The molecule has 1 aromatic rings. The second kappa shape index (κ2) is 3.63. The second-order valence-corrected chi connectivity index (χ2v) is 5.42. The van der Waals surface area contributed by atoms with Crippen molar-refractivity contribution in [1.82, 2.24) is 10.3 Å². The van der Waals surface area contributed by atoms with Crippen molar-refractivity contribution in [3.63, 3.8) is 0 Å². The van der Waals surface area contributed by atoms with Crippen molar-refractivity contribution in [2.45, 2.75) is 31.6 Å². The van der Waals surface area contributed by atoms with Gasteiger partial charge in [0, 0.05) is 11.3 Å². The molecular weight excluding hydrogens is 192 g/mol. The lowest BCUT2D eigenvalue weighted by Crippen LogP contribution is -2.43. The molecular formula is C11H16N2S. The molecule has 3 rings (SSSR count). The van der Waals surface area contributed by atoms with E-state index < -0.39 is 0 Å². The van der Waals surface area contributed by atoms with E-state index in [-0.39, 0.29) is 0 Å². The van der Waals surface area contributed by atoms with E-state index >= 15 is 0 Å². The molecule has 1 saturated carbocycles. The average Bonchev–Trinajstić information content (AvgIpc) is 2.42. The van der Waals surface area contributed by atoms with Crippen LogP contribution in [-0.4, -0.2) is 18.1 Å². The molecule has 1 N–H and O–H groups in total. The molecule has 0 radical (unpaired) electrons. The van der Waals surface area contributed by atoms with Gasteiger partial charge in [-0.1, -0.05) is 6.42 Å². The van der Waals surface area contributed by atoms with Crippen LogP contribution in [0.4, 0.5) is 0 Å². The predicted octanol–water partition coefficient (Wildman–Crippen LogP) is 2.17. The highest BCUT2D eigenvalue weighted by Crippen LogP contribution is 2.37. The van der Waals surface area contributed by atoms with Crippen molar-refractivity contribution in [3.8, 4) is 0 Å². The third-order valence-corrected chi connectivity index (χ3v) is 4.44. The van der Waals surface area contributed by atoms with E-state index in [4.69, 9.17) is 4.98 Å². The van der Waals surface area contributed by atoms with Crippen LogP contribution in [0.1, 0.15) is 35.9 Å². The summed E-state index contributed by atoms with van der Waals surface area (Å²) in [6.45, 7) is 2.38. The first-order valence-corrected chi connectivity index (χ1v) is 6.45. The molecule has 0 atom stereocenters. The molecule has 1 aromatic heterocycles. The van der Waals surface area contributed by atoms with E-state index in [9.17, 15) is 0 Å². The summed E-state index contributed by atoms with van der Waals surface area (Å²) in [7, 11) is 0. The Kier molecular flexibility index (Phi) is 2.30. The Morgan fingerprint density at radius 1 is 1.43 bits per heavy atom. The highest BCUT2D eigenvalue weighted by molar-refractivity contribution is 7.09. The standard InChI is InChI=1S/C11H16N2S/c1-2-9(3-1)11-13-10(7-14-11)4-8-5-12-6-8/h7-9,12H,1-6H2. The topological polar surface area (TPSA) is 24.9 Å². The smallest absolute Gasteiger partial charge is 0.0959 e. The zero-order valence-corrected chi connectivity index (χ0v) is 9.15. The second-order valence-electron chi connectivity index (χ2n) is 4.53. The molecule has 14 heavy (non-hydrogen) atoms. The predicted molar refractivity (Wildman–Crippen MR) is 58.8 cm³/mol. The molecule has 2 nitrogen and oxygen atoms in total. The van der Waals surface area contributed by atoms with Crippen LogP contribution in [-0.2, 0) is 6.42 Å². The highest BCUT2D eigenvalue weighted by Gasteiger charge is 2.24. The molecule has 0 amide bonds. The lowest BCUT2D eigenvalue weighted by atomic mass is 9.86. The summed E-state index contributed by atoms with van der Waals surface area (Å²) in [6, 6.07) is 0. The Balaban J connectivity index is 1.63. The Morgan fingerprint density at radius 3 is 2.86 bits per heavy atom. The zero-order chi connectivity index (χ0) is 9.38. The molecule has 1 saturated heterocycles. The molecule has 2 fully saturated rings. The highest BCUT2D eigenvalue weighted by atomic mass is 32.1. The Morgan fingerprint density at radius 2 is 2.29 bits per heavy atom. The number of hydrogen-bond donors (Lipinski definition) is 1. The van der Waals surface area contributed by atoms with E-state index in [1.807, 2.05) is 11.3 Å². The summed E-state index contributed by atoms with van der Waals surface area (Å²) >= 11 is 1.88. The Hall–Kier alpha value is -0.410. The number of thiazole rings is 1. The van der Waals surface area contributed by atoms with Gasteiger partial charge in [0.05, 0.1) is 10.7 Å². The minimum Gasteiger partial charge on any atom is -0.316 e. The fraction of sp³-hybridized carbons (Fsp3) is 0.727. The van der Waals surface area contributed by atoms with Crippen molar-refractivity contribution >= 4 is 11.3 Å². The molecule has 0 unspecified atom stereocenters. The van der Waals surface area contributed by atoms with Gasteiger partial charge in [-0.15, -0.1) is 11.3 Å². The van der Waals surface area contributed by atoms with E-state index in [1.165, 1.54) is 49.5 Å². The molecule has 0 aromatic carbocycles. The maximum atomic E-state index is 4.74. The maximum Gasteiger partial charge on any atom is 0.0959 e. The van der Waals surface area contributed by atoms with Crippen molar-refractivity contribution < 1.29 is 0 Å². The van der Waals surface area contributed by atoms with Gasteiger partial charge in [0.25, 0.3) is 0 Å². The van der Waals surface area contributed by atoms with Crippen molar-refractivity contribution in [1.29, 1.82) is 0 Å². The van der Waals surface area contributed by atoms with E-state index in [0.717, 1.165) is 11.8 Å². The van der Waals surface area contributed by atoms with E-state index in [1.54, 1.807) is 0 Å². The van der Waals surface area contributed by atoms with Gasteiger partial charge >= 0.3 is 0 Å². The normalized spacial score (nSPS) is 23.1. The van der Waals surface area contributed by atoms with Crippen molar-refractivity contribution in [3.05, 3.63) is 16.1 Å². The summed E-state index contributed by atoms with van der Waals surface area (Å²) in [5, 5.41) is 6.98. The lowest BCUT2D eigenvalue weighted by Gasteiger charge is -2.26. The number of aromatic nitrogens is 1. The zero-order valence-electron chi connectivity index (χ0n) is 8.33. The summed E-state index contributed by atoms with van der Waals surface area (Å²) in [4.78, 5) is 4.74. The van der Waals surface area contributed by atoms with Crippen LogP contribution in [0, 0.1) is 5.92 Å². The van der Waals surface area contributed by atoms with Crippen LogP contribution in [0.25, 0.3) is 0 Å². The van der Waals surface area contributed by atoms with Crippen LogP contribution in [0.2, 0.25) is 0 Å². The third-order valence-electron chi connectivity index (χ3n) is 3.39. The molecule has 1 aliphatic heterocycles. The van der Waals surface area contributed by atoms with Crippen LogP contribution < -0.4 is 5.32 Å². The van der Waals surface area contributed by atoms with Crippen LogP contribution in [0.5, 0.6) is 0 Å². The molecule has 0 bridgehead atoms. The Labute approximate surface area is 88.7 Å². The minimum atomic E-state index is 0.813. The molecule has 1 aliphatic carbocycles. The van der Waals surface area contributed by atoms with Crippen LogP contribution in [0.3, 0.4) is 0 Å². The van der Waals surface area contributed by atoms with Gasteiger partial charge < -0.3 is 5.32 Å². The quantitative estimate of drug-likeness (QED) is 0.823. The van der Waals surface area contributed by atoms with E-state index in [0.29, 0.717) is 0 Å². The third kappa shape index (κ3) is 1.59. The fourth-order valence-electron chi connectivity index (χ4n) is 2.05. The lowest BCUT2D eigenvalue weighted by molar-refractivity contribution is 0.343. The van der Waals surface area contributed by atoms with Gasteiger partial charge in [-0.05, 0) is 38.3 Å². The first kappa shape index (κ1) is 8.86. The first-order valence-electron chi connectivity index (χ1n) is 5.57. The van der Waals surface area contributed by atoms with Crippen LogP contribution in [0.15, 0.2) is 5.38 Å². The molecule has 3 heteroatoms. The van der Waals surface area contributed by atoms with Gasteiger partial charge in [0.2, 0.25) is 0 Å². The summed E-state index contributed by atoms with van der Waals surface area (Å²) in [5.41, 5.74) is 1.34. The van der Waals surface area contributed by atoms with Crippen molar-refractivity contribution in [2.24, 2.45) is 5.92 Å². The van der Waals surface area contributed by atoms with Gasteiger partial charge in [-0.25, -0.2) is 4.98 Å². The number of nitrogens with zero attached hydrogens (tertiary/aromatic N) is 1. The summed E-state index contributed by atoms with van der Waals surface area (Å²) < 4.78 is 0. The monoisotopic (exact) mass is 208 g/mol. The number of rotatable bonds is 3. The summed E-state index contributed by atoms with van der Waals surface area (Å²) in [5.74, 6) is 1.67. The molecule has 2 heterocycles. The Bertz CT molecular complexity index is 313.